The van der Waals surface area contributed by atoms with Gasteiger partial charge in [0.25, 0.3) is 11.6 Å². The summed E-state index contributed by atoms with van der Waals surface area (Å²) in [6.45, 7) is 5.25. The molecule has 0 aliphatic rings. The smallest absolute Gasteiger partial charge is 0.419 e. The summed E-state index contributed by atoms with van der Waals surface area (Å²) < 4.78 is 11.4. The van der Waals surface area contributed by atoms with Crippen LogP contribution in [-0.4, -0.2) is 33.5 Å². The van der Waals surface area contributed by atoms with E-state index in [2.05, 4.69) is 5.32 Å². The fourth-order valence-corrected chi connectivity index (χ4v) is 2.47. The lowest BCUT2D eigenvalue weighted by molar-refractivity contribution is -0.384. The number of non-ortho nitro benzene ring substituents is 1. The number of rotatable bonds is 8. The number of hydrogen-bond acceptors (Lipinski definition) is 7. The molecule has 10 nitrogen and oxygen atoms in total. The summed E-state index contributed by atoms with van der Waals surface area (Å²) in [5.74, 6) is -1.60. The average molecular weight is 379 g/mol. The monoisotopic (exact) mass is 379 g/mol. The Morgan fingerprint density at radius 3 is 2.67 bits per heavy atom. The van der Waals surface area contributed by atoms with Crippen LogP contribution in [-0.2, 0) is 20.9 Å². The number of nitrogens with one attached hydrogen (secondary N) is 1. The highest BCUT2D eigenvalue weighted by molar-refractivity contribution is 5.83. The average Bonchev–Trinajstić information content (AvgIpc) is 2.88. The van der Waals surface area contributed by atoms with E-state index in [1.54, 1.807) is 13.8 Å². The third-order valence-electron chi connectivity index (χ3n) is 3.73. The van der Waals surface area contributed by atoms with E-state index >= 15 is 0 Å². The van der Waals surface area contributed by atoms with Crippen molar-refractivity contribution in [2.45, 2.75) is 52.3 Å². The van der Waals surface area contributed by atoms with Crippen LogP contribution in [0.15, 0.2) is 27.4 Å². The molecule has 1 amide bonds. The first-order chi connectivity index (χ1) is 12.7. The number of nitro benzene ring substituents is 1. The SMILES string of the molecule is CC(C)NC(=O)C(C)OC(=O)CCCn1c(=O)oc2cc([N+](=O)[O-])ccc21. The van der Waals surface area contributed by atoms with Gasteiger partial charge in [0.15, 0.2) is 11.7 Å². The van der Waals surface area contributed by atoms with Crippen molar-refractivity contribution in [1.82, 2.24) is 9.88 Å². The lowest BCUT2D eigenvalue weighted by Crippen LogP contribution is -2.39. The van der Waals surface area contributed by atoms with Gasteiger partial charge in [0.1, 0.15) is 0 Å². The topological polar surface area (TPSA) is 134 Å². The number of ether oxygens (including phenoxy) is 1. The van der Waals surface area contributed by atoms with Crippen LogP contribution in [0.4, 0.5) is 5.69 Å². The van der Waals surface area contributed by atoms with E-state index in [1.165, 1.54) is 29.7 Å². The second-order valence-corrected chi connectivity index (χ2v) is 6.33. The number of fused-ring (bicyclic) bond motifs is 1. The third-order valence-corrected chi connectivity index (χ3v) is 3.73. The number of oxazole rings is 1. The van der Waals surface area contributed by atoms with Gasteiger partial charge in [-0.05, 0) is 33.3 Å². The number of nitrogens with zero attached hydrogens (tertiary/aromatic N) is 2. The first-order valence-corrected chi connectivity index (χ1v) is 8.46. The summed E-state index contributed by atoms with van der Waals surface area (Å²) in [5.41, 5.74) is 0.333. The van der Waals surface area contributed by atoms with Gasteiger partial charge in [0, 0.05) is 25.1 Å². The minimum atomic E-state index is -0.905. The number of esters is 1. The molecular formula is C17H21N3O7. The van der Waals surface area contributed by atoms with Crippen LogP contribution in [0.25, 0.3) is 11.1 Å². The molecule has 0 spiro atoms. The maximum Gasteiger partial charge on any atom is 0.419 e. The molecule has 1 aromatic carbocycles. The molecule has 27 heavy (non-hydrogen) atoms. The number of amides is 1. The van der Waals surface area contributed by atoms with Crippen LogP contribution >= 0.6 is 0 Å². The number of nitro groups is 1. The molecule has 1 aromatic heterocycles. The summed E-state index contributed by atoms with van der Waals surface area (Å²) in [6, 6.07) is 3.82. The van der Waals surface area contributed by atoms with Gasteiger partial charge in [0.05, 0.1) is 16.5 Å². The van der Waals surface area contributed by atoms with E-state index in [-0.39, 0.29) is 42.6 Å². The third kappa shape index (κ3) is 5.16. The summed E-state index contributed by atoms with van der Waals surface area (Å²) in [4.78, 5) is 45.7. The van der Waals surface area contributed by atoms with Gasteiger partial charge in [-0.3, -0.25) is 24.3 Å². The van der Waals surface area contributed by atoms with Crippen molar-refractivity contribution in [2.75, 3.05) is 0 Å². The molecule has 0 fully saturated rings. The van der Waals surface area contributed by atoms with Gasteiger partial charge < -0.3 is 14.5 Å². The number of carbonyl (C=O) groups is 2. The lowest BCUT2D eigenvalue weighted by atomic mass is 10.2. The molecule has 0 aliphatic carbocycles. The van der Waals surface area contributed by atoms with E-state index in [0.717, 1.165) is 0 Å². The molecule has 1 N–H and O–H groups in total. The molecule has 146 valence electrons. The summed E-state index contributed by atoms with van der Waals surface area (Å²) in [6.07, 6.45) is -0.619. The maximum absolute atomic E-state index is 11.9. The van der Waals surface area contributed by atoms with Crippen LogP contribution in [0.2, 0.25) is 0 Å². The van der Waals surface area contributed by atoms with E-state index in [0.29, 0.717) is 5.52 Å². The van der Waals surface area contributed by atoms with Crippen LogP contribution in [0, 0.1) is 10.1 Å². The van der Waals surface area contributed by atoms with Crippen molar-refractivity contribution >= 4 is 28.7 Å². The Labute approximate surface area is 154 Å². The van der Waals surface area contributed by atoms with E-state index < -0.39 is 22.8 Å². The number of aromatic nitrogens is 1. The van der Waals surface area contributed by atoms with Gasteiger partial charge in [-0.25, -0.2) is 4.79 Å². The zero-order valence-electron chi connectivity index (χ0n) is 15.3. The number of hydrogen-bond donors (Lipinski definition) is 1. The normalized spacial score (nSPS) is 12.1. The quantitative estimate of drug-likeness (QED) is 0.419. The van der Waals surface area contributed by atoms with Gasteiger partial charge in [-0.1, -0.05) is 0 Å². The molecular weight excluding hydrogens is 358 g/mol. The van der Waals surface area contributed by atoms with Crippen LogP contribution in [0.1, 0.15) is 33.6 Å². The van der Waals surface area contributed by atoms with Gasteiger partial charge >= 0.3 is 11.7 Å². The van der Waals surface area contributed by atoms with Gasteiger partial charge in [0.2, 0.25) is 0 Å². The van der Waals surface area contributed by atoms with Crippen molar-refractivity contribution < 1.29 is 23.7 Å². The predicted molar refractivity (Wildman–Crippen MR) is 95.2 cm³/mol. The highest BCUT2D eigenvalue weighted by Gasteiger charge is 2.19. The van der Waals surface area contributed by atoms with Crippen molar-refractivity contribution in [3.63, 3.8) is 0 Å². The van der Waals surface area contributed by atoms with Crippen molar-refractivity contribution in [3.05, 3.63) is 38.9 Å². The zero-order valence-corrected chi connectivity index (χ0v) is 15.3. The molecule has 1 heterocycles. The minimum Gasteiger partial charge on any atom is -0.453 e. The molecule has 1 unspecified atom stereocenters. The maximum atomic E-state index is 11.9. The highest BCUT2D eigenvalue weighted by atomic mass is 16.6. The summed E-state index contributed by atoms with van der Waals surface area (Å²) in [5, 5.41) is 13.4. The Morgan fingerprint density at radius 2 is 2.04 bits per heavy atom. The van der Waals surface area contributed by atoms with Gasteiger partial charge in [-0.15, -0.1) is 0 Å². The fourth-order valence-electron chi connectivity index (χ4n) is 2.47. The Bertz CT molecular complexity index is 913. The van der Waals surface area contributed by atoms with E-state index in [9.17, 15) is 24.5 Å². The van der Waals surface area contributed by atoms with Crippen molar-refractivity contribution in [3.8, 4) is 0 Å². The standard InChI is InChI=1S/C17H21N3O7/c1-10(2)18-16(22)11(3)26-15(21)5-4-8-19-13-7-6-12(20(24)25)9-14(13)27-17(19)23/h6-7,9-11H,4-5,8H2,1-3H3,(H,18,22). The number of aryl methyl sites for hydroxylation is 1. The zero-order chi connectivity index (χ0) is 20.1. The Hall–Kier alpha value is -3.17. The molecule has 0 saturated carbocycles. The van der Waals surface area contributed by atoms with E-state index in [4.69, 9.17) is 9.15 Å². The van der Waals surface area contributed by atoms with E-state index in [1.807, 2.05) is 0 Å². The van der Waals surface area contributed by atoms with Crippen molar-refractivity contribution in [2.24, 2.45) is 0 Å². The van der Waals surface area contributed by atoms with Gasteiger partial charge in [-0.2, -0.15) is 0 Å². The number of carbonyl (C=O) groups excluding carboxylic acids is 2. The molecule has 1 atom stereocenters. The lowest BCUT2D eigenvalue weighted by Gasteiger charge is -2.15. The Balaban J connectivity index is 1.94. The molecule has 2 aromatic rings. The van der Waals surface area contributed by atoms with Crippen LogP contribution < -0.4 is 11.1 Å². The second kappa shape index (κ2) is 8.47. The highest BCUT2D eigenvalue weighted by Crippen LogP contribution is 2.20. The molecule has 0 bridgehead atoms. The molecule has 2 rings (SSSR count). The van der Waals surface area contributed by atoms with Crippen LogP contribution in [0.5, 0.6) is 0 Å². The number of benzene rings is 1. The minimum absolute atomic E-state index is 0.00535. The molecule has 0 radical (unpaired) electrons. The predicted octanol–water partition coefficient (Wildman–Crippen LogP) is 1.74. The first-order valence-electron chi connectivity index (χ1n) is 8.46. The molecule has 10 heteroatoms. The first kappa shape index (κ1) is 20.1. The Morgan fingerprint density at radius 1 is 1.33 bits per heavy atom. The van der Waals surface area contributed by atoms with Crippen LogP contribution in [0.3, 0.4) is 0 Å². The summed E-state index contributed by atoms with van der Waals surface area (Å²) in [7, 11) is 0. The van der Waals surface area contributed by atoms with Crippen molar-refractivity contribution in [1.29, 1.82) is 0 Å². The molecule has 0 aliphatic heterocycles. The fraction of sp³-hybridized carbons (Fsp3) is 0.471. The second-order valence-electron chi connectivity index (χ2n) is 6.33. The largest absolute Gasteiger partial charge is 0.453 e. The summed E-state index contributed by atoms with van der Waals surface area (Å²) >= 11 is 0. The molecule has 0 saturated heterocycles. The Kier molecular flexibility index (Phi) is 6.32.